The monoisotopic (exact) mass is 453 g/mol. The van der Waals surface area contributed by atoms with E-state index in [2.05, 4.69) is 63.7 Å². The average Bonchev–Trinajstić information content (AvgIpc) is 2.61. The number of guanidine groups is 1. The summed E-state index contributed by atoms with van der Waals surface area (Å²) in [5.41, 5.74) is 2.30. The van der Waals surface area contributed by atoms with Gasteiger partial charge in [-0.3, -0.25) is 4.98 Å². The van der Waals surface area contributed by atoms with Crippen molar-refractivity contribution in [3.05, 3.63) is 66.0 Å². The van der Waals surface area contributed by atoms with Crippen LogP contribution in [0.15, 0.2) is 59.7 Å². The third-order valence-electron chi connectivity index (χ3n) is 3.55. The number of aromatic nitrogens is 1. The lowest BCUT2D eigenvalue weighted by Crippen LogP contribution is -2.40. The molecular formula is C19H28IN5. The van der Waals surface area contributed by atoms with Crippen molar-refractivity contribution < 1.29 is 0 Å². The van der Waals surface area contributed by atoms with Crippen LogP contribution in [0.5, 0.6) is 0 Å². The van der Waals surface area contributed by atoms with E-state index in [-0.39, 0.29) is 24.0 Å². The summed E-state index contributed by atoms with van der Waals surface area (Å²) in [4.78, 5) is 11.2. The first-order valence-electron chi connectivity index (χ1n) is 8.42. The summed E-state index contributed by atoms with van der Waals surface area (Å²) < 4.78 is 0. The summed E-state index contributed by atoms with van der Waals surface area (Å²) in [6.07, 6.45) is 1.80. The normalized spacial score (nSPS) is 11.1. The van der Waals surface area contributed by atoms with Gasteiger partial charge in [0.25, 0.3) is 0 Å². The lowest BCUT2D eigenvalue weighted by atomic mass is 10.2. The van der Waals surface area contributed by atoms with Crippen molar-refractivity contribution in [2.75, 3.05) is 26.7 Å². The molecule has 0 aliphatic carbocycles. The van der Waals surface area contributed by atoms with Crippen LogP contribution in [0.2, 0.25) is 0 Å². The first-order chi connectivity index (χ1) is 11.8. The number of nitrogens with one attached hydrogen (secondary N) is 2. The first-order valence-corrected chi connectivity index (χ1v) is 8.42. The Morgan fingerprint density at radius 3 is 2.52 bits per heavy atom. The Hall–Kier alpha value is -1.67. The van der Waals surface area contributed by atoms with Crippen LogP contribution in [0, 0.1) is 0 Å². The molecular weight excluding hydrogens is 425 g/mol. The molecule has 5 nitrogen and oxygen atoms in total. The molecule has 136 valence electrons. The Labute approximate surface area is 168 Å². The van der Waals surface area contributed by atoms with Crippen LogP contribution < -0.4 is 10.6 Å². The van der Waals surface area contributed by atoms with Gasteiger partial charge in [0.1, 0.15) is 0 Å². The van der Waals surface area contributed by atoms with Crippen molar-refractivity contribution in [3.8, 4) is 0 Å². The number of benzene rings is 1. The van der Waals surface area contributed by atoms with Crippen molar-refractivity contribution in [2.24, 2.45) is 4.99 Å². The SMILES string of the molecule is CCNC(=NCc1ccccn1)NCCN(C)Cc1ccccc1.I. The summed E-state index contributed by atoms with van der Waals surface area (Å²) in [7, 11) is 2.13. The molecule has 0 saturated heterocycles. The molecule has 0 unspecified atom stereocenters. The second kappa shape index (κ2) is 12.7. The molecule has 2 N–H and O–H groups in total. The van der Waals surface area contributed by atoms with E-state index in [0.717, 1.165) is 37.8 Å². The lowest BCUT2D eigenvalue weighted by Gasteiger charge is -2.18. The standard InChI is InChI=1S/C19H27N5.HI/c1-3-20-19(23-15-18-11-7-8-12-21-18)22-13-14-24(2)16-17-9-5-4-6-10-17;/h4-12H,3,13-16H2,1-2H3,(H2,20,22,23);1H. The van der Waals surface area contributed by atoms with Gasteiger partial charge in [-0.05, 0) is 31.7 Å². The van der Waals surface area contributed by atoms with Gasteiger partial charge in [0, 0.05) is 32.4 Å². The van der Waals surface area contributed by atoms with Gasteiger partial charge in [-0.2, -0.15) is 0 Å². The topological polar surface area (TPSA) is 52.6 Å². The molecule has 0 fully saturated rings. The molecule has 0 spiro atoms. The van der Waals surface area contributed by atoms with Crippen molar-refractivity contribution in [1.82, 2.24) is 20.5 Å². The Morgan fingerprint density at radius 1 is 1.08 bits per heavy atom. The number of halogens is 1. The van der Waals surface area contributed by atoms with Gasteiger partial charge in [0.05, 0.1) is 12.2 Å². The predicted molar refractivity (Wildman–Crippen MR) is 115 cm³/mol. The third kappa shape index (κ3) is 8.83. The van der Waals surface area contributed by atoms with Crippen LogP contribution in [0.4, 0.5) is 0 Å². The van der Waals surface area contributed by atoms with E-state index in [1.54, 1.807) is 6.20 Å². The second-order valence-corrected chi connectivity index (χ2v) is 5.67. The van der Waals surface area contributed by atoms with Crippen LogP contribution in [0.3, 0.4) is 0 Å². The lowest BCUT2D eigenvalue weighted by molar-refractivity contribution is 0.331. The predicted octanol–water partition coefficient (Wildman–Crippen LogP) is 2.89. The van der Waals surface area contributed by atoms with Gasteiger partial charge in [0.15, 0.2) is 5.96 Å². The van der Waals surface area contributed by atoms with Gasteiger partial charge >= 0.3 is 0 Å². The Morgan fingerprint density at radius 2 is 1.84 bits per heavy atom. The highest BCUT2D eigenvalue weighted by Gasteiger charge is 2.02. The van der Waals surface area contributed by atoms with E-state index in [0.29, 0.717) is 6.54 Å². The van der Waals surface area contributed by atoms with Gasteiger partial charge in [-0.15, -0.1) is 24.0 Å². The molecule has 0 amide bonds. The zero-order chi connectivity index (χ0) is 17.0. The third-order valence-corrected chi connectivity index (χ3v) is 3.55. The van der Waals surface area contributed by atoms with E-state index in [1.165, 1.54) is 5.56 Å². The fraction of sp³-hybridized carbons (Fsp3) is 0.368. The molecule has 1 aromatic heterocycles. The summed E-state index contributed by atoms with van der Waals surface area (Å²) in [6.45, 7) is 6.23. The number of nitrogens with zero attached hydrogens (tertiary/aromatic N) is 3. The number of likely N-dealkylation sites (N-methyl/N-ethyl adjacent to an activating group) is 1. The molecule has 0 saturated carbocycles. The van der Waals surface area contributed by atoms with Crippen molar-refractivity contribution in [1.29, 1.82) is 0 Å². The fourth-order valence-electron chi connectivity index (χ4n) is 2.33. The van der Waals surface area contributed by atoms with Crippen LogP contribution in [0.1, 0.15) is 18.2 Å². The minimum Gasteiger partial charge on any atom is -0.357 e. The highest BCUT2D eigenvalue weighted by molar-refractivity contribution is 14.0. The van der Waals surface area contributed by atoms with Crippen molar-refractivity contribution in [2.45, 2.75) is 20.0 Å². The van der Waals surface area contributed by atoms with E-state index in [1.807, 2.05) is 24.3 Å². The zero-order valence-corrected chi connectivity index (χ0v) is 17.3. The molecule has 0 aliphatic rings. The molecule has 1 heterocycles. The maximum Gasteiger partial charge on any atom is 0.191 e. The van der Waals surface area contributed by atoms with Gasteiger partial charge in [0.2, 0.25) is 0 Å². The number of rotatable bonds is 8. The van der Waals surface area contributed by atoms with Gasteiger partial charge in [-0.25, -0.2) is 4.99 Å². The maximum absolute atomic E-state index is 4.58. The minimum atomic E-state index is 0. The number of aliphatic imine (C=N–C) groups is 1. The smallest absolute Gasteiger partial charge is 0.191 e. The van der Waals surface area contributed by atoms with E-state index in [4.69, 9.17) is 0 Å². The highest BCUT2D eigenvalue weighted by Crippen LogP contribution is 2.01. The zero-order valence-electron chi connectivity index (χ0n) is 15.0. The van der Waals surface area contributed by atoms with Crippen molar-refractivity contribution >= 4 is 29.9 Å². The quantitative estimate of drug-likeness (QED) is 0.367. The fourth-order valence-corrected chi connectivity index (χ4v) is 2.33. The number of hydrogen-bond donors (Lipinski definition) is 2. The Kier molecular flexibility index (Phi) is 10.8. The number of hydrogen-bond acceptors (Lipinski definition) is 3. The Balaban J connectivity index is 0.00000312. The average molecular weight is 453 g/mol. The van der Waals surface area contributed by atoms with Gasteiger partial charge in [-0.1, -0.05) is 36.4 Å². The molecule has 2 aromatic rings. The maximum atomic E-state index is 4.58. The van der Waals surface area contributed by atoms with Crippen LogP contribution in [-0.2, 0) is 13.1 Å². The number of pyridine rings is 1. The summed E-state index contributed by atoms with van der Waals surface area (Å²) in [5, 5.41) is 6.65. The summed E-state index contributed by atoms with van der Waals surface area (Å²) >= 11 is 0. The molecule has 0 atom stereocenters. The first kappa shape index (κ1) is 21.4. The largest absolute Gasteiger partial charge is 0.357 e. The van der Waals surface area contributed by atoms with E-state index < -0.39 is 0 Å². The summed E-state index contributed by atoms with van der Waals surface area (Å²) in [6, 6.07) is 16.4. The summed E-state index contributed by atoms with van der Waals surface area (Å²) in [5.74, 6) is 0.830. The van der Waals surface area contributed by atoms with Crippen LogP contribution in [-0.4, -0.2) is 42.5 Å². The molecule has 6 heteroatoms. The molecule has 2 rings (SSSR count). The van der Waals surface area contributed by atoms with E-state index in [9.17, 15) is 0 Å². The molecule has 0 radical (unpaired) electrons. The van der Waals surface area contributed by atoms with Crippen LogP contribution >= 0.6 is 24.0 Å². The highest BCUT2D eigenvalue weighted by atomic mass is 127. The molecule has 0 aliphatic heterocycles. The van der Waals surface area contributed by atoms with Crippen molar-refractivity contribution in [3.63, 3.8) is 0 Å². The Bertz CT molecular complexity index is 604. The van der Waals surface area contributed by atoms with Crippen LogP contribution in [0.25, 0.3) is 0 Å². The molecule has 1 aromatic carbocycles. The minimum absolute atomic E-state index is 0. The molecule has 0 bridgehead atoms. The second-order valence-electron chi connectivity index (χ2n) is 5.67. The van der Waals surface area contributed by atoms with E-state index >= 15 is 0 Å². The van der Waals surface area contributed by atoms with Gasteiger partial charge < -0.3 is 15.5 Å². The molecule has 25 heavy (non-hydrogen) atoms.